The molecule has 35 heavy (non-hydrogen) atoms. The molecule has 6 heteroatoms. The maximum absolute atomic E-state index is 13.0. The van der Waals surface area contributed by atoms with Crippen LogP contribution in [0.2, 0.25) is 0 Å². The number of amides is 2. The molecule has 0 saturated carbocycles. The van der Waals surface area contributed by atoms with Crippen molar-refractivity contribution in [2.45, 2.75) is 13.3 Å². The second-order valence-electron chi connectivity index (χ2n) is 7.87. The molecule has 4 aromatic rings. The summed E-state index contributed by atoms with van der Waals surface area (Å²) in [5.74, 6) is -0.147. The van der Waals surface area contributed by atoms with E-state index in [0.29, 0.717) is 34.9 Å². The van der Waals surface area contributed by atoms with Crippen molar-refractivity contribution in [3.63, 3.8) is 0 Å². The molecule has 0 aliphatic rings. The van der Waals surface area contributed by atoms with Gasteiger partial charge in [-0.1, -0.05) is 49.4 Å². The molecule has 0 saturated heterocycles. The van der Waals surface area contributed by atoms with Crippen molar-refractivity contribution >= 4 is 34.6 Å². The van der Waals surface area contributed by atoms with Crippen LogP contribution >= 0.6 is 0 Å². The molecular formula is C29H27N3O3. The zero-order chi connectivity index (χ0) is 24.5. The van der Waals surface area contributed by atoms with Crippen molar-refractivity contribution in [1.82, 2.24) is 0 Å². The lowest BCUT2D eigenvalue weighted by molar-refractivity contribution is 0.102. The van der Waals surface area contributed by atoms with E-state index in [-0.39, 0.29) is 11.8 Å². The van der Waals surface area contributed by atoms with Crippen molar-refractivity contribution in [1.29, 1.82) is 0 Å². The summed E-state index contributed by atoms with van der Waals surface area (Å²) in [4.78, 5) is 26.0. The molecule has 0 fully saturated rings. The predicted molar refractivity (Wildman–Crippen MR) is 141 cm³/mol. The number of anilines is 4. The molecule has 0 aliphatic carbocycles. The van der Waals surface area contributed by atoms with E-state index in [4.69, 9.17) is 4.74 Å². The molecule has 0 bridgehead atoms. The minimum absolute atomic E-state index is 0.319. The molecule has 4 rings (SSSR count). The third-order valence-electron chi connectivity index (χ3n) is 5.22. The van der Waals surface area contributed by atoms with E-state index in [1.165, 1.54) is 0 Å². The first kappa shape index (κ1) is 23.6. The van der Waals surface area contributed by atoms with Crippen LogP contribution in [0.4, 0.5) is 22.7 Å². The van der Waals surface area contributed by atoms with Gasteiger partial charge in [-0.3, -0.25) is 9.59 Å². The second-order valence-corrected chi connectivity index (χ2v) is 7.87. The van der Waals surface area contributed by atoms with Gasteiger partial charge in [-0.25, -0.2) is 0 Å². The maximum atomic E-state index is 13.0. The van der Waals surface area contributed by atoms with E-state index >= 15 is 0 Å². The van der Waals surface area contributed by atoms with E-state index < -0.39 is 0 Å². The molecule has 3 N–H and O–H groups in total. The quantitative estimate of drug-likeness (QED) is 0.256. The molecule has 0 aromatic heterocycles. The van der Waals surface area contributed by atoms with E-state index in [9.17, 15) is 9.59 Å². The minimum atomic E-state index is -0.340. The van der Waals surface area contributed by atoms with Crippen LogP contribution in [0.1, 0.15) is 34.1 Å². The topological polar surface area (TPSA) is 79.5 Å². The highest BCUT2D eigenvalue weighted by atomic mass is 16.5. The summed E-state index contributed by atoms with van der Waals surface area (Å²) in [6, 6.07) is 31.3. The van der Waals surface area contributed by atoms with E-state index in [1.807, 2.05) is 67.6 Å². The molecule has 0 aliphatic heterocycles. The Morgan fingerprint density at radius 1 is 0.629 bits per heavy atom. The smallest absolute Gasteiger partial charge is 0.259 e. The van der Waals surface area contributed by atoms with Crippen LogP contribution in [0.25, 0.3) is 0 Å². The average molecular weight is 466 g/mol. The van der Waals surface area contributed by atoms with Crippen molar-refractivity contribution in [3.05, 3.63) is 114 Å². The van der Waals surface area contributed by atoms with Gasteiger partial charge in [0.15, 0.2) is 0 Å². The number of ether oxygens (including phenoxy) is 1. The fourth-order valence-corrected chi connectivity index (χ4v) is 3.50. The van der Waals surface area contributed by atoms with E-state index in [1.54, 1.807) is 42.5 Å². The van der Waals surface area contributed by atoms with Crippen LogP contribution in [0, 0.1) is 0 Å². The first-order valence-electron chi connectivity index (χ1n) is 11.5. The highest BCUT2D eigenvalue weighted by Gasteiger charge is 2.17. The molecule has 0 radical (unpaired) electrons. The van der Waals surface area contributed by atoms with Gasteiger partial charge in [0.25, 0.3) is 11.8 Å². The molecule has 0 atom stereocenters. The second kappa shape index (κ2) is 11.5. The van der Waals surface area contributed by atoms with Crippen molar-refractivity contribution in [2.24, 2.45) is 0 Å². The third-order valence-corrected chi connectivity index (χ3v) is 5.22. The maximum Gasteiger partial charge on any atom is 0.259 e. The summed E-state index contributed by atoms with van der Waals surface area (Å²) in [5.41, 5.74) is 3.73. The minimum Gasteiger partial charge on any atom is -0.493 e. The molecule has 176 valence electrons. The van der Waals surface area contributed by atoms with Gasteiger partial charge in [0.05, 0.1) is 23.4 Å². The van der Waals surface area contributed by atoms with Gasteiger partial charge in [0.1, 0.15) is 5.75 Å². The summed E-state index contributed by atoms with van der Waals surface area (Å²) in [7, 11) is 0. The Bertz CT molecular complexity index is 1290. The van der Waals surface area contributed by atoms with E-state index in [0.717, 1.165) is 17.8 Å². The lowest BCUT2D eigenvalue weighted by atomic mass is 10.1. The molecule has 6 nitrogen and oxygen atoms in total. The summed E-state index contributed by atoms with van der Waals surface area (Å²) in [6.07, 6.45) is 0.836. The number of hydrogen-bond acceptors (Lipinski definition) is 4. The van der Waals surface area contributed by atoms with Crippen molar-refractivity contribution in [2.75, 3.05) is 22.6 Å². The first-order chi connectivity index (χ1) is 17.1. The molecule has 0 heterocycles. The largest absolute Gasteiger partial charge is 0.493 e. The SMILES string of the molecule is CCCOc1ccccc1C(=O)Nc1ccccc1C(=O)Nc1ccc(Nc2ccccc2)cc1. The normalized spacial score (nSPS) is 10.3. The van der Waals surface area contributed by atoms with Crippen LogP contribution in [0.3, 0.4) is 0 Å². The average Bonchev–Trinajstić information content (AvgIpc) is 2.89. The van der Waals surface area contributed by atoms with Gasteiger partial charge < -0.3 is 20.7 Å². The predicted octanol–water partition coefficient (Wildman–Crippen LogP) is 6.72. The van der Waals surface area contributed by atoms with Crippen molar-refractivity contribution < 1.29 is 14.3 Å². The Hall–Kier alpha value is -4.58. The summed E-state index contributed by atoms with van der Waals surface area (Å²) < 4.78 is 5.70. The summed E-state index contributed by atoms with van der Waals surface area (Å²) in [5, 5.41) is 9.07. The fourth-order valence-electron chi connectivity index (χ4n) is 3.50. The van der Waals surface area contributed by atoms with Crippen LogP contribution < -0.4 is 20.7 Å². The van der Waals surface area contributed by atoms with Gasteiger partial charge in [0, 0.05) is 17.1 Å². The zero-order valence-electron chi connectivity index (χ0n) is 19.5. The monoisotopic (exact) mass is 465 g/mol. The molecular weight excluding hydrogens is 438 g/mol. The number of hydrogen-bond donors (Lipinski definition) is 3. The van der Waals surface area contributed by atoms with Gasteiger partial charge >= 0.3 is 0 Å². The first-order valence-corrected chi connectivity index (χ1v) is 11.5. The lowest BCUT2D eigenvalue weighted by Gasteiger charge is -2.14. The molecule has 0 unspecified atom stereocenters. The number of carbonyl (C=O) groups is 2. The number of para-hydroxylation sites is 3. The third kappa shape index (κ3) is 6.26. The highest BCUT2D eigenvalue weighted by molar-refractivity contribution is 6.13. The molecule has 0 spiro atoms. The Kier molecular flexibility index (Phi) is 7.76. The fraction of sp³-hybridized carbons (Fsp3) is 0.103. The molecule has 2 amide bonds. The highest BCUT2D eigenvalue weighted by Crippen LogP contribution is 2.23. The summed E-state index contributed by atoms with van der Waals surface area (Å²) >= 11 is 0. The van der Waals surface area contributed by atoms with Gasteiger partial charge in [0.2, 0.25) is 0 Å². The standard InChI is InChI=1S/C29H27N3O3/c1-2-20-35-27-15-9-7-13-25(27)29(34)32-26-14-8-6-12-24(26)28(33)31-23-18-16-22(17-19-23)30-21-10-4-3-5-11-21/h3-19,30H,2,20H2,1H3,(H,31,33)(H,32,34). The molecule has 4 aromatic carbocycles. The van der Waals surface area contributed by atoms with Crippen LogP contribution in [-0.2, 0) is 0 Å². The Balaban J connectivity index is 1.45. The number of benzene rings is 4. The van der Waals surface area contributed by atoms with Crippen LogP contribution in [0.5, 0.6) is 5.75 Å². The zero-order valence-corrected chi connectivity index (χ0v) is 19.5. The number of rotatable bonds is 9. The van der Waals surface area contributed by atoms with Crippen LogP contribution in [-0.4, -0.2) is 18.4 Å². The van der Waals surface area contributed by atoms with E-state index in [2.05, 4.69) is 16.0 Å². The van der Waals surface area contributed by atoms with Crippen LogP contribution in [0.15, 0.2) is 103 Å². The number of nitrogens with one attached hydrogen (secondary N) is 3. The van der Waals surface area contributed by atoms with Gasteiger partial charge in [-0.2, -0.15) is 0 Å². The Morgan fingerprint density at radius 3 is 1.94 bits per heavy atom. The van der Waals surface area contributed by atoms with Crippen molar-refractivity contribution in [3.8, 4) is 5.75 Å². The van der Waals surface area contributed by atoms with Gasteiger partial charge in [-0.15, -0.1) is 0 Å². The Labute approximate surface area is 205 Å². The lowest BCUT2D eigenvalue weighted by Crippen LogP contribution is -2.19. The number of carbonyl (C=O) groups excluding carboxylic acids is 2. The van der Waals surface area contributed by atoms with Gasteiger partial charge in [-0.05, 0) is 67.1 Å². The Morgan fingerprint density at radius 2 is 1.20 bits per heavy atom. The summed E-state index contributed by atoms with van der Waals surface area (Å²) in [6.45, 7) is 2.52.